The summed E-state index contributed by atoms with van der Waals surface area (Å²) in [6.07, 6.45) is 2.52. The molecule has 0 saturated carbocycles. The van der Waals surface area contributed by atoms with Crippen molar-refractivity contribution in [3.05, 3.63) is 29.8 Å². The van der Waals surface area contributed by atoms with E-state index >= 15 is 0 Å². The van der Waals surface area contributed by atoms with Crippen LogP contribution in [-0.2, 0) is 19.4 Å². The summed E-state index contributed by atoms with van der Waals surface area (Å²) in [5.74, 6) is -0.0211. The second-order valence-electron chi connectivity index (χ2n) is 5.47. The number of likely N-dealkylation sites (N-methyl/N-ethyl adjacent to an activating group) is 1. The number of hydrogen-bond donors (Lipinski definition) is 0. The molecule has 1 aromatic carbocycles. The average molecular weight is 311 g/mol. The number of sulfone groups is 1. The largest absolute Gasteiger partial charge is 0.368 e. The molecule has 1 aliphatic heterocycles. The summed E-state index contributed by atoms with van der Waals surface area (Å²) in [6, 6.07) is 6.52. The lowest BCUT2D eigenvalue weighted by molar-refractivity contribution is -0.141. The third-order valence-corrected chi connectivity index (χ3v) is 5.05. The van der Waals surface area contributed by atoms with E-state index in [2.05, 4.69) is 0 Å². The molecule has 1 amide bonds. The molecule has 6 heteroatoms. The number of carbonyl (C=O) groups excluding carboxylic acids is 1. The molecule has 5 nitrogen and oxygen atoms in total. The molecule has 2 rings (SSSR count). The summed E-state index contributed by atoms with van der Waals surface area (Å²) in [7, 11) is -1.45. The summed E-state index contributed by atoms with van der Waals surface area (Å²) in [5, 5.41) is 0. The van der Waals surface area contributed by atoms with Crippen molar-refractivity contribution in [1.29, 1.82) is 0 Å². The lowest BCUT2D eigenvalue weighted by Crippen LogP contribution is -2.37. The Labute approximate surface area is 125 Å². The highest BCUT2D eigenvalue weighted by Gasteiger charge is 2.29. The maximum atomic E-state index is 12.3. The number of hydrogen-bond acceptors (Lipinski definition) is 4. The van der Waals surface area contributed by atoms with Crippen LogP contribution in [0.4, 0.5) is 0 Å². The van der Waals surface area contributed by atoms with E-state index in [-0.39, 0.29) is 22.9 Å². The van der Waals surface area contributed by atoms with E-state index in [1.54, 1.807) is 36.2 Å². The van der Waals surface area contributed by atoms with Crippen molar-refractivity contribution in [2.45, 2.75) is 36.8 Å². The van der Waals surface area contributed by atoms with Gasteiger partial charge in [-0.25, -0.2) is 8.42 Å². The van der Waals surface area contributed by atoms with Crippen LogP contribution in [0.15, 0.2) is 29.2 Å². The van der Waals surface area contributed by atoms with Gasteiger partial charge in [0.05, 0.1) is 10.9 Å². The highest BCUT2D eigenvalue weighted by molar-refractivity contribution is 7.90. The quantitative estimate of drug-likeness (QED) is 0.850. The van der Waals surface area contributed by atoms with Crippen LogP contribution in [0.5, 0.6) is 0 Å². The molecule has 0 radical (unpaired) electrons. The summed E-state index contributed by atoms with van der Waals surface area (Å²) in [6.45, 7) is 2.56. The first kappa shape index (κ1) is 16.0. The van der Waals surface area contributed by atoms with Gasteiger partial charge in [0.2, 0.25) is 0 Å². The van der Waals surface area contributed by atoms with Crippen LogP contribution in [0.1, 0.15) is 31.4 Å². The van der Waals surface area contributed by atoms with Gasteiger partial charge in [0.15, 0.2) is 9.84 Å². The molecule has 1 saturated heterocycles. The van der Waals surface area contributed by atoms with Crippen LogP contribution in [0.25, 0.3) is 0 Å². The van der Waals surface area contributed by atoms with E-state index in [0.717, 1.165) is 18.4 Å². The third kappa shape index (κ3) is 3.63. The Morgan fingerprint density at radius 2 is 1.95 bits per heavy atom. The Balaban J connectivity index is 2.11. The highest BCUT2D eigenvalue weighted by atomic mass is 32.2. The smallest absolute Gasteiger partial charge is 0.251 e. The molecule has 0 unspecified atom stereocenters. The topological polar surface area (TPSA) is 63.7 Å². The van der Waals surface area contributed by atoms with E-state index < -0.39 is 9.84 Å². The third-order valence-electron chi connectivity index (χ3n) is 3.92. The first-order chi connectivity index (χ1) is 9.80. The fraction of sp³-hybridized carbons (Fsp3) is 0.533. The van der Waals surface area contributed by atoms with Crippen molar-refractivity contribution in [2.24, 2.45) is 0 Å². The minimum absolute atomic E-state index is 0.0211. The van der Waals surface area contributed by atoms with Crippen molar-refractivity contribution in [3.8, 4) is 0 Å². The van der Waals surface area contributed by atoms with Crippen molar-refractivity contribution < 1.29 is 17.9 Å². The van der Waals surface area contributed by atoms with Crippen LogP contribution < -0.4 is 0 Å². The predicted molar refractivity (Wildman–Crippen MR) is 79.7 cm³/mol. The van der Waals surface area contributed by atoms with E-state index in [0.29, 0.717) is 6.61 Å². The minimum Gasteiger partial charge on any atom is -0.368 e. The maximum Gasteiger partial charge on any atom is 0.251 e. The van der Waals surface area contributed by atoms with Crippen molar-refractivity contribution in [3.63, 3.8) is 0 Å². The number of benzene rings is 1. The van der Waals surface area contributed by atoms with Crippen LogP contribution in [-0.4, -0.2) is 45.2 Å². The molecule has 116 valence electrons. The lowest BCUT2D eigenvalue weighted by atomic mass is 10.1. The molecule has 0 aliphatic carbocycles. The first-order valence-corrected chi connectivity index (χ1v) is 8.88. The number of rotatable bonds is 4. The molecular weight excluding hydrogens is 290 g/mol. The van der Waals surface area contributed by atoms with Crippen LogP contribution in [0, 0.1) is 0 Å². The molecule has 1 aliphatic rings. The Kier molecular flexibility index (Phi) is 4.68. The Hall–Kier alpha value is -1.40. The number of ether oxygens (including phenoxy) is 1. The van der Waals surface area contributed by atoms with Crippen molar-refractivity contribution in [1.82, 2.24) is 4.90 Å². The molecule has 0 spiro atoms. The fourth-order valence-electron chi connectivity index (χ4n) is 2.41. The summed E-state index contributed by atoms with van der Waals surface area (Å²) in [4.78, 5) is 14.2. The normalized spacial score (nSPS) is 20.2. The fourth-order valence-corrected chi connectivity index (χ4v) is 3.04. The Morgan fingerprint density at radius 1 is 1.33 bits per heavy atom. The van der Waals surface area contributed by atoms with Gasteiger partial charge in [-0.3, -0.25) is 4.79 Å². The molecule has 0 aromatic heterocycles. The van der Waals surface area contributed by atoms with Crippen molar-refractivity contribution >= 4 is 15.7 Å². The van der Waals surface area contributed by atoms with E-state index in [1.165, 1.54) is 6.26 Å². The molecule has 1 fully saturated rings. The summed E-state index contributed by atoms with van der Waals surface area (Å²) < 4.78 is 28.3. The second-order valence-corrected chi connectivity index (χ2v) is 7.48. The minimum atomic E-state index is -3.20. The standard InChI is InChI=1S/C15H21NO4S/c1-11(16(2)15(17)14-5-4-10-20-14)12-6-8-13(9-7-12)21(3,18)19/h6-9,11,14H,4-5,10H2,1-3H3/t11-,14-/m1/s1. The van der Waals surface area contributed by atoms with Gasteiger partial charge in [0.1, 0.15) is 6.10 Å². The van der Waals surface area contributed by atoms with E-state index in [9.17, 15) is 13.2 Å². The SMILES string of the molecule is C[C@H](c1ccc(S(C)(=O)=O)cc1)N(C)C(=O)[C@H]1CCCO1. The highest BCUT2D eigenvalue weighted by Crippen LogP contribution is 2.23. The number of carbonyl (C=O) groups is 1. The van der Waals surface area contributed by atoms with Gasteiger partial charge in [-0.2, -0.15) is 0 Å². The van der Waals surface area contributed by atoms with Crippen LogP contribution in [0.3, 0.4) is 0 Å². The molecule has 0 N–H and O–H groups in total. The molecule has 1 aromatic rings. The van der Waals surface area contributed by atoms with Crippen LogP contribution in [0.2, 0.25) is 0 Å². The number of amides is 1. The maximum absolute atomic E-state index is 12.3. The Morgan fingerprint density at radius 3 is 2.43 bits per heavy atom. The zero-order chi connectivity index (χ0) is 15.6. The second kappa shape index (κ2) is 6.15. The van der Waals surface area contributed by atoms with E-state index in [4.69, 9.17) is 4.74 Å². The van der Waals surface area contributed by atoms with Gasteiger partial charge in [0.25, 0.3) is 5.91 Å². The molecular formula is C15H21NO4S. The van der Waals surface area contributed by atoms with Gasteiger partial charge in [-0.1, -0.05) is 12.1 Å². The van der Waals surface area contributed by atoms with Gasteiger partial charge in [-0.15, -0.1) is 0 Å². The zero-order valence-electron chi connectivity index (χ0n) is 12.6. The lowest BCUT2D eigenvalue weighted by Gasteiger charge is -2.27. The monoisotopic (exact) mass is 311 g/mol. The summed E-state index contributed by atoms with van der Waals surface area (Å²) >= 11 is 0. The van der Waals surface area contributed by atoms with Gasteiger partial charge >= 0.3 is 0 Å². The van der Waals surface area contributed by atoms with Crippen LogP contribution >= 0.6 is 0 Å². The molecule has 2 atom stereocenters. The Bertz CT molecular complexity index is 603. The van der Waals surface area contributed by atoms with Crippen molar-refractivity contribution in [2.75, 3.05) is 19.9 Å². The predicted octanol–water partition coefficient (Wildman–Crippen LogP) is 1.79. The van der Waals surface area contributed by atoms with Gasteiger partial charge in [-0.05, 0) is 37.5 Å². The first-order valence-electron chi connectivity index (χ1n) is 6.99. The molecule has 1 heterocycles. The molecule has 0 bridgehead atoms. The zero-order valence-corrected chi connectivity index (χ0v) is 13.4. The number of nitrogens with zero attached hydrogens (tertiary/aromatic N) is 1. The average Bonchev–Trinajstić information content (AvgIpc) is 2.98. The van der Waals surface area contributed by atoms with E-state index in [1.807, 2.05) is 6.92 Å². The van der Waals surface area contributed by atoms with Gasteiger partial charge in [0, 0.05) is 19.9 Å². The molecule has 21 heavy (non-hydrogen) atoms. The summed E-state index contributed by atoms with van der Waals surface area (Å²) in [5.41, 5.74) is 0.899. The van der Waals surface area contributed by atoms with Gasteiger partial charge < -0.3 is 9.64 Å².